The van der Waals surface area contributed by atoms with E-state index in [0.29, 0.717) is 0 Å². The van der Waals surface area contributed by atoms with Crippen LogP contribution < -0.4 is 0 Å². The van der Waals surface area contributed by atoms with Crippen molar-refractivity contribution in [2.24, 2.45) is 11.8 Å². The summed E-state index contributed by atoms with van der Waals surface area (Å²) in [6, 6.07) is 0. The maximum atomic E-state index is 2.34. The van der Waals surface area contributed by atoms with Crippen LogP contribution in [-0.4, -0.2) is 0 Å². The standard InChI is InChI=1S/C13H27/c1-6-7-8-9-13(12(4)5)10-11(2)3/h11-12H,6-10H2,1-5H3. The fourth-order valence-electron chi connectivity index (χ4n) is 1.75. The Balaban J connectivity index is 3.67. The van der Waals surface area contributed by atoms with Crippen LogP contribution in [0, 0.1) is 17.8 Å². The molecule has 0 saturated carbocycles. The molecule has 0 rings (SSSR count). The van der Waals surface area contributed by atoms with Gasteiger partial charge in [0.2, 0.25) is 0 Å². The Bertz CT molecular complexity index is 103. The summed E-state index contributed by atoms with van der Waals surface area (Å²) in [6.07, 6.45) is 6.84. The molecule has 0 N–H and O–H groups in total. The van der Waals surface area contributed by atoms with Gasteiger partial charge in [-0.15, -0.1) is 0 Å². The monoisotopic (exact) mass is 183 g/mol. The van der Waals surface area contributed by atoms with Crippen LogP contribution in [0.25, 0.3) is 0 Å². The summed E-state index contributed by atoms with van der Waals surface area (Å²) in [7, 11) is 0. The summed E-state index contributed by atoms with van der Waals surface area (Å²) in [6.45, 7) is 11.6. The van der Waals surface area contributed by atoms with Gasteiger partial charge in [0.1, 0.15) is 0 Å². The second-order valence-corrected chi connectivity index (χ2v) is 4.87. The molecule has 0 amide bonds. The lowest BCUT2D eigenvalue weighted by Gasteiger charge is -2.21. The summed E-state index contributed by atoms with van der Waals surface area (Å²) >= 11 is 0. The summed E-state index contributed by atoms with van der Waals surface area (Å²) in [5, 5.41) is 0. The Labute approximate surface area is 85.1 Å². The Morgan fingerprint density at radius 3 is 2.00 bits per heavy atom. The van der Waals surface area contributed by atoms with Gasteiger partial charge in [0, 0.05) is 0 Å². The van der Waals surface area contributed by atoms with Crippen molar-refractivity contribution in [3.8, 4) is 0 Å². The molecule has 79 valence electrons. The number of hydrogen-bond acceptors (Lipinski definition) is 0. The van der Waals surface area contributed by atoms with Crippen LogP contribution >= 0.6 is 0 Å². The van der Waals surface area contributed by atoms with E-state index in [9.17, 15) is 0 Å². The molecule has 13 heavy (non-hydrogen) atoms. The second-order valence-electron chi connectivity index (χ2n) is 4.87. The highest BCUT2D eigenvalue weighted by molar-refractivity contribution is 4.93. The van der Waals surface area contributed by atoms with Gasteiger partial charge in [0.25, 0.3) is 0 Å². The molecule has 0 nitrogen and oxygen atoms in total. The summed E-state index contributed by atoms with van der Waals surface area (Å²) in [5.41, 5.74) is 0. The predicted molar refractivity (Wildman–Crippen MR) is 61.7 cm³/mol. The molecule has 0 aliphatic heterocycles. The van der Waals surface area contributed by atoms with Gasteiger partial charge in [0.05, 0.1) is 0 Å². The minimum absolute atomic E-state index is 0.791. The Morgan fingerprint density at radius 2 is 1.62 bits per heavy atom. The van der Waals surface area contributed by atoms with Gasteiger partial charge in [-0.3, -0.25) is 0 Å². The fraction of sp³-hybridized carbons (Fsp3) is 0.923. The van der Waals surface area contributed by atoms with E-state index < -0.39 is 0 Å². The third-order valence-electron chi connectivity index (χ3n) is 2.59. The van der Waals surface area contributed by atoms with Crippen molar-refractivity contribution in [3.63, 3.8) is 0 Å². The first-order valence-electron chi connectivity index (χ1n) is 5.92. The minimum atomic E-state index is 0.791. The van der Waals surface area contributed by atoms with Gasteiger partial charge in [-0.2, -0.15) is 0 Å². The fourth-order valence-corrected chi connectivity index (χ4v) is 1.75. The molecule has 0 spiro atoms. The molecule has 0 bridgehead atoms. The van der Waals surface area contributed by atoms with Crippen molar-refractivity contribution < 1.29 is 0 Å². The normalized spacial score (nSPS) is 12.0. The largest absolute Gasteiger partial charge is 0.0654 e. The quantitative estimate of drug-likeness (QED) is 0.495. The van der Waals surface area contributed by atoms with Crippen molar-refractivity contribution in [2.75, 3.05) is 0 Å². The zero-order valence-corrected chi connectivity index (χ0v) is 10.2. The first-order valence-corrected chi connectivity index (χ1v) is 5.92. The van der Waals surface area contributed by atoms with Crippen molar-refractivity contribution in [2.45, 2.75) is 66.7 Å². The lowest BCUT2D eigenvalue weighted by Crippen LogP contribution is -2.09. The van der Waals surface area contributed by atoms with E-state index in [0.717, 1.165) is 11.8 Å². The summed E-state index contributed by atoms with van der Waals surface area (Å²) in [4.78, 5) is 0. The zero-order chi connectivity index (χ0) is 10.3. The minimum Gasteiger partial charge on any atom is -0.0654 e. The maximum Gasteiger partial charge on any atom is -0.0213 e. The van der Waals surface area contributed by atoms with Gasteiger partial charge in [-0.05, 0) is 30.6 Å². The third kappa shape index (κ3) is 7.10. The number of rotatable bonds is 7. The molecule has 0 heterocycles. The maximum absolute atomic E-state index is 2.34. The van der Waals surface area contributed by atoms with Gasteiger partial charge in [0.15, 0.2) is 0 Å². The molecule has 0 aromatic heterocycles. The van der Waals surface area contributed by atoms with Crippen molar-refractivity contribution in [1.29, 1.82) is 0 Å². The van der Waals surface area contributed by atoms with Crippen LogP contribution in [0.3, 0.4) is 0 Å². The molecule has 0 fully saturated rings. The van der Waals surface area contributed by atoms with Crippen LogP contribution in [0.4, 0.5) is 0 Å². The molecule has 0 aliphatic rings. The van der Waals surface area contributed by atoms with E-state index in [1.54, 1.807) is 5.92 Å². The summed E-state index contributed by atoms with van der Waals surface area (Å²) in [5.74, 6) is 3.40. The van der Waals surface area contributed by atoms with Crippen LogP contribution in [-0.2, 0) is 0 Å². The Hall–Kier alpha value is 0. The first kappa shape index (κ1) is 13.0. The molecular weight excluding hydrogens is 156 g/mol. The highest BCUT2D eigenvalue weighted by atomic mass is 14.2. The van der Waals surface area contributed by atoms with E-state index in [4.69, 9.17) is 0 Å². The SMILES string of the molecule is CCCCC[C](CC(C)C)C(C)C. The highest BCUT2D eigenvalue weighted by Gasteiger charge is 2.14. The van der Waals surface area contributed by atoms with Crippen LogP contribution in [0.1, 0.15) is 66.7 Å². The Kier molecular flexibility index (Phi) is 7.41. The number of unbranched alkanes of at least 4 members (excludes halogenated alkanes) is 2. The van der Waals surface area contributed by atoms with Crippen molar-refractivity contribution in [1.82, 2.24) is 0 Å². The number of hydrogen-bond donors (Lipinski definition) is 0. The van der Waals surface area contributed by atoms with E-state index in [-0.39, 0.29) is 0 Å². The average Bonchev–Trinajstić information content (AvgIpc) is 2.02. The zero-order valence-electron chi connectivity index (χ0n) is 10.2. The molecule has 0 heteroatoms. The van der Waals surface area contributed by atoms with Gasteiger partial charge in [-0.25, -0.2) is 0 Å². The smallest absolute Gasteiger partial charge is 0.0213 e. The third-order valence-corrected chi connectivity index (χ3v) is 2.59. The molecule has 0 atom stereocenters. The van der Waals surface area contributed by atoms with Crippen molar-refractivity contribution >= 4 is 0 Å². The van der Waals surface area contributed by atoms with Crippen LogP contribution in [0.2, 0.25) is 0 Å². The lowest BCUT2D eigenvalue weighted by molar-refractivity contribution is 0.467. The van der Waals surface area contributed by atoms with Gasteiger partial charge < -0.3 is 0 Å². The van der Waals surface area contributed by atoms with E-state index in [1.807, 2.05) is 0 Å². The lowest BCUT2D eigenvalue weighted by atomic mass is 9.84. The molecular formula is C13H27. The molecule has 0 aromatic carbocycles. The van der Waals surface area contributed by atoms with Crippen molar-refractivity contribution in [3.05, 3.63) is 5.92 Å². The molecule has 0 aliphatic carbocycles. The summed E-state index contributed by atoms with van der Waals surface area (Å²) < 4.78 is 0. The molecule has 0 unspecified atom stereocenters. The highest BCUT2D eigenvalue weighted by Crippen LogP contribution is 2.27. The van der Waals surface area contributed by atoms with E-state index in [1.165, 1.54) is 32.1 Å². The van der Waals surface area contributed by atoms with E-state index >= 15 is 0 Å². The molecule has 0 aromatic rings. The van der Waals surface area contributed by atoms with Crippen LogP contribution in [0.5, 0.6) is 0 Å². The van der Waals surface area contributed by atoms with Gasteiger partial charge >= 0.3 is 0 Å². The Morgan fingerprint density at radius 1 is 1.00 bits per heavy atom. The van der Waals surface area contributed by atoms with Crippen LogP contribution in [0.15, 0.2) is 0 Å². The first-order chi connectivity index (χ1) is 6.07. The second kappa shape index (κ2) is 7.41. The predicted octanol–water partition coefficient (Wildman–Crippen LogP) is 4.84. The van der Waals surface area contributed by atoms with Gasteiger partial charge in [-0.1, -0.05) is 53.9 Å². The molecule has 0 saturated heterocycles. The average molecular weight is 183 g/mol. The topological polar surface area (TPSA) is 0 Å². The molecule has 1 radical (unpaired) electrons. The van der Waals surface area contributed by atoms with E-state index in [2.05, 4.69) is 34.6 Å².